The van der Waals surface area contributed by atoms with E-state index >= 15 is 0 Å². The highest BCUT2D eigenvalue weighted by Crippen LogP contribution is 2.41. The second-order valence-corrected chi connectivity index (χ2v) is 7.50. The molecule has 0 aliphatic carbocycles. The first-order valence-corrected chi connectivity index (χ1v) is 8.94. The summed E-state index contributed by atoms with van der Waals surface area (Å²) in [5.74, 6) is 1.63. The Morgan fingerprint density at radius 3 is 2.86 bits per heavy atom. The molecule has 2 aromatic rings. The number of benzene rings is 1. The smallest absolute Gasteiger partial charge is 0.323 e. The van der Waals surface area contributed by atoms with Gasteiger partial charge in [-0.05, 0) is 31.2 Å². The van der Waals surface area contributed by atoms with Crippen molar-refractivity contribution in [3.8, 4) is 5.75 Å². The number of thioether (sulfide) groups is 1. The number of rotatable bonds is 3. The monoisotopic (exact) mass is 334 g/mol. The minimum Gasteiger partial charge on any atom is -0.495 e. The zero-order valence-electron chi connectivity index (χ0n) is 12.5. The number of carbonyl (C=O) groups excluding carboxylic acids is 1. The number of urea groups is 1. The predicted octanol–water partition coefficient (Wildman–Crippen LogP) is 4.34. The molecular formula is C16H18N2O2S2. The third-order valence-corrected chi connectivity index (χ3v) is 5.95. The van der Waals surface area contributed by atoms with Crippen LogP contribution < -0.4 is 10.1 Å². The van der Waals surface area contributed by atoms with Crippen LogP contribution in [-0.4, -0.2) is 30.3 Å². The van der Waals surface area contributed by atoms with Crippen LogP contribution in [-0.2, 0) is 0 Å². The molecule has 1 aliphatic rings. The minimum absolute atomic E-state index is 0.0782. The SMILES string of the molecule is COc1ccccc1NC(=O)N1CCSC1c1ccc(C)s1. The molecule has 116 valence electrons. The van der Waals surface area contributed by atoms with Crippen molar-refractivity contribution in [3.63, 3.8) is 0 Å². The van der Waals surface area contributed by atoms with E-state index in [4.69, 9.17) is 4.74 Å². The maximum Gasteiger partial charge on any atom is 0.323 e. The van der Waals surface area contributed by atoms with Gasteiger partial charge in [0.05, 0.1) is 12.8 Å². The van der Waals surface area contributed by atoms with E-state index in [0.29, 0.717) is 11.4 Å². The molecule has 1 aromatic heterocycles. The van der Waals surface area contributed by atoms with Crippen LogP contribution in [0.15, 0.2) is 36.4 Å². The van der Waals surface area contributed by atoms with Gasteiger partial charge in [0.15, 0.2) is 0 Å². The van der Waals surface area contributed by atoms with E-state index in [2.05, 4.69) is 24.4 Å². The number of aryl methyl sites for hydroxylation is 1. The summed E-state index contributed by atoms with van der Waals surface area (Å²) in [5, 5.41) is 3.07. The lowest BCUT2D eigenvalue weighted by molar-refractivity contribution is 0.214. The average Bonchev–Trinajstić information content (AvgIpc) is 3.16. The van der Waals surface area contributed by atoms with Gasteiger partial charge in [-0.1, -0.05) is 12.1 Å². The Bertz CT molecular complexity index is 672. The summed E-state index contributed by atoms with van der Waals surface area (Å²) in [5.41, 5.74) is 0.702. The van der Waals surface area contributed by atoms with Crippen molar-refractivity contribution in [2.75, 3.05) is 24.7 Å². The molecule has 0 bridgehead atoms. The number of hydrogen-bond acceptors (Lipinski definition) is 4. The summed E-state index contributed by atoms with van der Waals surface area (Å²) >= 11 is 3.56. The third-order valence-electron chi connectivity index (χ3n) is 3.50. The highest BCUT2D eigenvalue weighted by atomic mass is 32.2. The van der Waals surface area contributed by atoms with Crippen LogP contribution in [0.3, 0.4) is 0 Å². The fourth-order valence-electron chi connectivity index (χ4n) is 2.43. The number of para-hydroxylation sites is 2. The molecule has 0 spiro atoms. The van der Waals surface area contributed by atoms with Crippen molar-refractivity contribution >= 4 is 34.8 Å². The van der Waals surface area contributed by atoms with E-state index in [1.165, 1.54) is 9.75 Å². The first-order valence-electron chi connectivity index (χ1n) is 7.07. The zero-order valence-corrected chi connectivity index (χ0v) is 14.2. The van der Waals surface area contributed by atoms with Crippen LogP contribution in [0.4, 0.5) is 10.5 Å². The number of nitrogens with zero attached hydrogens (tertiary/aromatic N) is 1. The maximum absolute atomic E-state index is 12.6. The van der Waals surface area contributed by atoms with Crippen LogP contribution >= 0.6 is 23.1 Å². The molecule has 1 atom stereocenters. The summed E-state index contributed by atoms with van der Waals surface area (Å²) in [4.78, 5) is 17.0. The van der Waals surface area contributed by atoms with Gasteiger partial charge in [0.1, 0.15) is 11.1 Å². The number of nitrogens with one attached hydrogen (secondary N) is 1. The van der Waals surface area contributed by atoms with Crippen molar-refractivity contribution in [3.05, 3.63) is 46.2 Å². The topological polar surface area (TPSA) is 41.6 Å². The summed E-state index contributed by atoms with van der Waals surface area (Å²) < 4.78 is 5.29. The quantitative estimate of drug-likeness (QED) is 0.907. The summed E-state index contributed by atoms with van der Waals surface area (Å²) in [7, 11) is 1.61. The Balaban J connectivity index is 1.76. The van der Waals surface area contributed by atoms with Gasteiger partial charge in [-0.3, -0.25) is 0 Å². The lowest BCUT2D eigenvalue weighted by Crippen LogP contribution is -2.34. The molecule has 3 rings (SSSR count). The number of thiophene rings is 1. The van der Waals surface area contributed by atoms with Crippen LogP contribution in [0.25, 0.3) is 0 Å². The summed E-state index contributed by atoms with van der Waals surface area (Å²) in [6.07, 6.45) is 0. The molecule has 1 aliphatic heterocycles. The van der Waals surface area contributed by atoms with Gasteiger partial charge in [-0.25, -0.2) is 4.79 Å². The normalized spacial score (nSPS) is 17.5. The van der Waals surface area contributed by atoms with Crippen molar-refractivity contribution < 1.29 is 9.53 Å². The second kappa shape index (κ2) is 6.62. The van der Waals surface area contributed by atoms with Crippen LogP contribution in [0.1, 0.15) is 15.1 Å². The third kappa shape index (κ3) is 3.08. The molecule has 1 aromatic carbocycles. The number of amides is 2. The van der Waals surface area contributed by atoms with Gasteiger partial charge in [-0.15, -0.1) is 23.1 Å². The fraction of sp³-hybridized carbons (Fsp3) is 0.312. The van der Waals surface area contributed by atoms with E-state index in [1.807, 2.05) is 40.9 Å². The lowest BCUT2D eigenvalue weighted by atomic mass is 10.3. The molecule has 1 N–H and O–H groups in total. The Labute approximate surface area is 138 Å². The molecule has 0 radical (unpaired) electrons. The highest BCUT2D eigenvalue weighted by Gasteiger charge is 2.31. The van der Waals surface area contributed by atoms with Gasteiger partial charge in [-0.2, -0.15) is 0 Å². The Kier molecular flexibility index (Phi) is 4.59. The van der Waals surface area contributed by atoms with Gasteiger partial charge in [0, 0.05) is 22.1 Å². The van der Waals surface area contributed by atoms with E-state index < -0.39 is 0 Å². The average molecular weight is 334 g/mol. The van der Waals surface area contributed by atoms with E-state index in [0.717, 1.165) is 12.3 Å². The molecule has 1 unspecified atom stereocenters. The second-order valence-electron chi connectivity index (χ2n) is 5.00. The molecule has 6 heteroatoms. The Morgan fingerprint density at radius 2 is 2.14 bits per heavy atom. The number of carbonyl (C=O) groups is 1. The first kappa shape index (κ1) is 15.2. The van der Waals surface area contributed by atoms with Crippen molar-refractivity contribution in [2.24, 2.45) is 0 Å². The molecule has 1 saturated heterocycles. The van der Waals surface area contributed by atoms with Crippen molar-refractivity contribution in [2.45, 2.75) is 12.3 Å². The van der Waals surface area contributed by atoms with E-state index in [-0.39, 0.29) is 11.4 Å². The number of methoxy groups -OCH3 is 1. The van der Waals surface area contributed by atoms with Gasteiger partial charge >= 0.3 is 6.03 Å². The van der Waals surface area contributed by atoms with Crippen LogP contribution in [0, 0.1) is 6.92 Å². The molecule has 2 amide bonds. The predicted molar refractivity (Wildman–Crippen MR) is 93.0 cm³/mol. The minimum atomic E-state index is -0.0782. The Morgan fingerprint density at radius 1 is 1.32 bits per heavy atom. The number of ether oxygens (including phenoxy) is 1. The molecule has 22 heavy (non-hydrogen) atoms. The molecule has 2 heterocycles. The fourth-order valence-corrected chi connectivity index (χ4v) is 4.80. The van der Waals surface area contributed by atoms with Gasteiger partial charge in [0.2, 0.25) is 0 Å². The zero-order chi connectivity index (χ0) is 15.5. The maximum atomic E-state index is 12.6. The number of hydrogen-bond donors (Lipinski definition) is 1. The van der Waals surface area contributed by atoms with E-state index in [9.17, 15) is 4.79 Å². The largest absolute Gasteiger partial charge is 0.495 e. The van der Waals surface area contributed by atoms with Gasteiger partial charge in [0.25, 0.3) is 0 Å². The van der Waals surface area contributed by atoms with Crippen LogP contribution in [0.5, 0.6) is 5.75 Å². The van der Waals surface area contributed by atoms with Crippen LogP contribution in [0.2, 0.25) is 0 Å². The molecule has 0 saturated carbocycles. The molecular weight excluding hydrogens is 316 g/mol. The van der Waals surface area contributed by atoms with Gasteiger partial charge < -0.3 is 15.0 Å². The summed E-state index contributed by atoms with van der Waals surface area (Å²) in [6, 6.07) is 11.6. The standard InChI is InChI=1S/C16H18N2O2S2/c1-11-7-8-14(22-11)15-18(9-10-21-15)16(19)17-12-5-3-4-6-13(12)20-2/h3-8,15H,9-10H2,1-2H3,(H,17,19). The molecule has 4 nitrogen and oxygen atoms in total. The lowest BCUT2D eigenvalue weighted by Gasteiger charge is -2.23. The van der Waals surface area contributed by atoms with Crippen molar-refractivity contribution in [1.29, 1.82) is 0 Å². The number of anilines is 1. The van der Waals surface area contributed by atoms with Crippen molar-refractivity contribution in [1.82, 2.24) is 4.90 Å². The Hall–Kier alpha value is -1.66. The van der Waals surface area contributed by atoms with E-state index in [1.54, 1.807) is 18.4 Å². The summed E-state index contributed by atoms with van der Waals surface area (Å²) in [6.45, 7) is 2.85. The highest BCUT2D eigenvalue weighted by molar-refractivity contribution is 7.99. The molecule has 1 fully saturated rings. The first-order chi connectivity index (χ1) is 10.7.